The Morgan fingerprint density at radius 3 is 1.60 bits per heavy atom. The Balaban J connectivity index is 1.01. The molecule has 58 heavy (non-hydrogen) atoms. The van der Waals surface area contributed by atoms with Crippen molar-refractivity contribution in [2.75, 3.05) is 0 Å². The molecule has 0 aliphatic heterocycles. The van der Waals surface area contributed by atoms with Gasteiger partial charge in [0.2, 0.25) is 0 Å². The van der Waals surface area contributed by atoms with Gasteiger partial charge < -0.3 is 4.42 Å². The molecule has 10 aromatic carbocycles. The largest absolute Gasteiger partial charge is 0.456 e. The molecule has 1 aliphatic rings. The van der Waals surface area contributed by atoms with Crippen LogP contribution in [0.15, 0.2) is 199 Å². The molecule has 1 heteroatoms. The summed E-state index contributed by atoms with van der Waals surface area (Å²) in [6, 6.07) is 71.5. The van der Waals surface area contributed by atoms with E-state index in [1.807, 2.05) is 12.1 Å². The van der Waals surface area contributed by atoms with Gasteiger partial charge in [-0.3, -0.25) is 0 Å². The standard InChI is InChI=1S/C57H38O/c1-57(2)49-23-12-22-42(56(49)55-41-16-4-3-13-36(41)29-31-50(55)57)39-14-11-15-40(33-39)54-46-20-7-5-18-44(46)53(45-19-6-8-21-47(45)54)37-27-25-35(26-28-37)38-30-32-52-48(34-38)43-17-9-10-24-51(43)58-52/h3-34H,1-2H3. The first-order chi connectivity index (χ1) is 28.5. The van der Waals surface area contributed by atoms with E-state index >= 15 is 0 Å². The van der Waals surface area contributed by atoms with Crippen LogP contribution in [0.5, 0.6) is 0 Å². The fourth-order valence-corrected chi connectivity index (χ4v) is 10.1. The van der Waals surface area contributed by atoms with Crippen molar-refractivity contribution in [2.45, 2.75) is 19.3 Å². The summed E-state index contributed by atoms with van der Waals surface area (Å²) in [4.78, 5) is 0. The van der Waals surface area contributed by atoms with E-state index in [1.54, 1.807) is 0 Å². The summed E-state index contributed by atoms with van der Waals surface area (Å²) in [5, 5.41) is 9.92. The molecule has 0 radical (unpaired) electrons. The highest BCUT2D eigenvalue weighted by Crippen LogP contribution is 2.55. The maximum atomic E-state index is 6.12. The van der Waals surface area contributed by atoms with Crippen LogP contribution in [0.1, 0.15) is 25.0 Å². The summed E-state index contributed by atoms with van der Waals surface area (Å²) in [6.45, 7) is 4.75. The van der Waals surface area contributed by atoms with Gasteiger partial charge in [-0.15, -0.1) is 0 Å². The van der Waals surface area contributed by atoms with Crippen molar-refractivity contribution in [3.63, 3.8) is 0 Å². The fourth-order valence-electron chi connectivity index (χ4n) is 10.1. The van der Waals surface area contributed by atoms with E-state index in [0.29, 0.717) is 0 Å². The van der Waals surface area contributed by atoms with Crippen LogP contribution < -0.4 is 0 Å². The zero-order valence-electron chi connectivity index (χ0n) is 32.4. The van der Waals surface area contributed by atoms with Crippen LogP contribution in [-0.2, 0) is 5.41 Å². The quantitative estimate of drug-likeness (QED) is 0.164. The number of hydrogen-bond donors (Lipinski definition) is 0. The van der Waals surface area contributed by atoms with Gasteiger partial charge >= 0.3 is 0 Å². The van der Waals surface area contributed by atoms with Gasteiger partial charge in [0.1, 0.15) is 11.2 Å². The minimum Gasteiger partial charge on any atom is -0.456 e. The number of benzene rings is 10. The number of fused-ring (bicyclic) bond motifs is 10. The van der Waals surface area contributed by atoms with Crippen molar-refractivity contribution in [3.8, 4) is 55.6 Å². The maximum Gasteiger partial charge on any atom is 0.135 e. The normalized spacial score (nSPS) is 13.1. The third kappa shape index (κ3) is 4.77. The van der Waals surface area contributed by atoms with Crippen molar-refractivity contribution < 1.29 is 4.42 Å². The first-order valence-corrected chi connectivity index (χ1v) is 20.3. The minimum absolute atomic E-state index is 0.0922. The van der Waals surface area contributed by atoms with Crippen LogP contribution in [0.4, 0.5) is 0 Å². The van der Waals surface area contributed by atoms with E-state index in [4.69, 9.17) is 4.42 Å². The fraction of sp³-hybridized carbons (Fsp3) is 0.0526. The Morgan fingerprint density at radius 2 is 0.862 bits per heavy atom. The lowest BCUT2D eigenvalue weighted by molar-refractivity contribution is 0.661. The van der Waals surface area contributed by atoms with Crippen LogP contribution in [0.25, 0.3) is 110 Å². The maximum absolute atomic E-state index is 6.12. The molecule has 0 bridgehead atoms. The van der Waals surface area contributed by atoms with Gasteiger partial charge in [-0.1, -0.05) is 184 Å². The smallest absolute Gasteiger partial charge is 0.135 e. The molecule has 0 unspecified atom stereocenters. The molecule has 1 aliphatic carbocycles. The van der Waals surface area contributed by atoms with E-state index in [1.165, 1.54) is 99.1 Å². The molecule has 272 valence electrons. The Hall–Kier alpha value is -7.22. The van der Waals surface area contributed by atoms with E-state index in [-0.39, 0.29) is 5.41 Å². The monoisotopic (exact) mass is 738 g/mol. The average molecular weight is 739 g/mol. The van der Waals surface area contributed by atoms with E-state index in [9.17, 15) is 0 Å². The Morgan fingerprint density at radius 1 is 0.310 bits per heavy atom. The minimum atomic E-state index is -0.0922. The molecule has 12 rings (SSSR count). The van der Waals surface area contributed by atoms with Crippen molar-refractivity contribution in [1.29, 1.82) is 0 Å². The van der Waals surface area contributed by atoms with Crippen LogP contribution in [0.3, 0.4) is 0 Å². The molecule has 0 atom stereocenters. The molecular formula is C57H38O. The van der Waals surface area contributed by atoms with Crippen molar-refractivity contribution in [2.24, 2.45) is 0 Å². The lowest BCUT2D eigenvalue weighted by atomic mass is 9.81. The molecule has 0 N–H and O–H groups in total. The third-order valence-electron chi connectivity index (χ3n) is 12.9. The van der Waals surface area contributed by atoms with Crippen LogP contribution >= 0.6 is 0 Å². The zero-order chi connectivity index (χ0) is 38.5. The molecule has 0 saturated heterocycles. The van der Waals surface area contributed by atoms with Gasteiger partial charge in [-0.05, 0) is 123 Å². The lowest BCUT2D eigenvalue weighted by Crippen LogP contribution is -2.14. The molecule has 0 spiro atoms. The molecular weight excluding hydrogens is 701 g/mol. The van der Waals surface area contributed by atoms with Gasteiger partial charge in [-0.25, -0.2) is 0 Å². The molecule has 1 aromatic heterocycles. The summed E-state index contributed by atoms with van der Waals surface area (Å²) in [6.07, 6.45) is 0. The summed E-state index contributed by atoms with van der Waals surface area (Å²) in [7, 11) is 0. The third-order valence-corrected chi connectivity index (χ3v) is 12.9. The molecule has 1 heterocycles. The summed E-state index contributed by atoms with van der Waals surface area (Å²) >= 11 is 0. The molecule has 0 fully saturated rings. The Kier molecular flexibility index (Phi) is 7.04. The molecule has 0 amide bonds. The van der Waals surface area contributed by atoms with E-state index in [2.05, 4.69) is 196 Å². The predicted molar refractivity (Wildman–Crippen MR) is 246 cm³/mol. The van der Waals surface area contributed by atoms with Crippen LogP contribution in [-0.4, -0.2) is 0 Å². The van der Waals surface area contributed by atoms with Gasteiger partial charge in [0.25, 0.3) is 0 Å². The highest BCUT2D eigenvalue weighted by molar-refractivity contribution is 6.21. The molecule has 1 nitrogen and oxygen atoms in total. The van der Waals surface area contributed by atoms with Crippen LogP contribution in [0.2, 0.25) is 0 Å². The first-order valence-electron chi connectivity index (χ1n) is 20.3. The summed E-state index contributed by atoms with van der Waals surface area (Å²) in [5.41, 5.74) is 17.1. The number of furan rings is 1. The lowest BCUT2D eigenvalue weighted by Gasteiger charge is -2.22. The zero-order valence-corrected chi connectivity index (χ0v) is 32.4. The Bertz CT molecular complexity index is 3410. The highest BCUT2D eigenvalue weighted by Gasteiger charge is 2.38. The summed E-state index contributed by atoms with van der Waals surface area (Å²) < 4.78 is 6.12. The van der Waals surface area contributed by atoms with Gasteiger partial charge in [0.05, 0.1) is 0 Å². The predicted octanol–water partition coefficient (Wildman–Crippen LogP) is 16.0. The van der Waals surface area contributed by atoms with Gasteiger partial charge in [-0.2, -0.15) is 0 Å². The number of hydrogen-bond acceptors (Lipinski definition) is 1. The number of para-hydroxylation sites is 1. The van der Waals surface area contributed by atoms with E-state index in [0.717, 1.165) is 21.9 Å². The van der Waals surface area contributed by atoms with Gasteiger partial charge in [0, 0.05) is 16.2 Å². The topological polar surface area (TPSA) is 13.1 Å². The Labute approximate surface area is 337 Å². The van der Waals surface area contributed by atoms with E-state index < -0.39 is 0 Å². The number of rotatable bonds is 4. The van der Waals surface area contributed by atoms with Gasteiger partial charge in [0.15, 0.2) is 0 Å². The molecule has 0 saturated carbocycles. The van der Waals surface area contributed by atoms with Crippen LogP contribution in [0, 0.1) is 0 Å². The SMILES string of the molecule is CC1(C)c2cccc(-c3cccc(-c4c5ccccc5c(-c5ccc(-c6ccc7oc8ccccc8c7c6)cc5)c5ccccc45)c3)c2-c2c1ccc1ccccc21. The summed E-state index contributed by atoms with van der Waals surface area (Å²) in [5.74, 6) is 0. The van der Waals surface area contributed by atoms with Crippen molar-refractivity contribution in [1.82, 2.24) is 0 Å². The average Bonchev–Trinajstić information content (AvgIpc) is 3.77. The molecule has 11 aromatic rings. The first kappa shape index (κ1) is 33.0. The van der Waals surface area contributed by atoms with Crippen molar-refractivity contribution in [3.05, 3.63) is 205 Å². The second kappa shape index (κ2) is 12.4. The van der Waals surface area contributed by atoms with Crippen molar-refractivity contribution >= 4 is 54.3 Å². The second-order valence-corrected chi connectivity index (χ2v) is 16.4. The second-order valence-electron chi connectivity index (χ2n) is 16.4. The highest BCUT2D eigenvalue weighted by atomic mass is 16.3.